The van der Waals surface area contributed by atoms with Crippen molar-refractivity contribution in [3.05, 3.63) is 38.7 Å². The molecule has 0 unspecified atom stereocenters. The van der Waals surface area contributed by atoms with E-state index >= 15 is 0 Å². The van der Waals surface area contributed by atoms with E-state index in [2.05, 4.69) is 57.4 Å². The SMILES string of the molecule is CCn1c(Sc2ccc(CNC(C)C)c(Br)c2)n[nH]c1=O. The van der Waals surface area contributed by atoms with Crippen molar-refractivity contribution in [1.82, 2.24) is 20.1 Å². The maximum absolute atomic E-state index is 11.5. The minimum Gasteiger partial charge on any atom is -0.310 e. The minimum atomic E-state index is -0.170. The molecule has 114 valence electrons. The van der Waals surface area contributed by atoms with E-state index in [9.17, 15) is 4.79 Å². The number of H-pyrrole nitrogens is 1. The lowest BCUT2D eigenvalue weighted by molar-refractivity contribution is 0.587. The maximum atomic E-state index is 11.5. The quantitative estimate of drug-likeness (QED) is 0.820. The topological polar surface area (TPSA) is 62.7 Å². The first-order valence-corrected chi connectivity index (χ1v) is 8.47. The van der Waals surface area contributed by atoms with E-state index in [0.29, 0.717) is 17.7 Å². The van der Waals surface area contributed by atoms with E-state index < -0.39 is 0 Å². The van der Waals surface area contributed by atoms with Crippen molar-refractivity contribution in [1.29, 1.82) is 0 Å². The predicted molar refractivity (Wildman–Crippen MR) is 88.8 cm³/mol. The lowest BCUT2D eigenvalue weighted by Crippen LogP contribution is -2.21. The van der Waals surface area contributed by atoms with Crippen LogP contribution in [0.15, 0.2) is 37.5 Å². The minimum absolute atomic E-state index is 0.170. The van der Waals surface area contributed by atoms with Crippen LogP contribution < -0.4 is 11.0 Å². The van der Waals surface area contributed by atoms with Gasteiger partial charge >= 0.3 is 5.69 Å². The average molecular weight is 371 g/mol. The Labute approximate surface area is 136 Å². The van der Waals surface area contributed by atoms with E-state index in [1.54, 1.807) is 4.57 Å². The zero-order valence-corrected chi connectivity index (χ0v) is 14.7. The number of benzene rings is 1. The van der Waals surface area contributed by atoms with Gasteiger partial charge in [-0.1, -0.05) is 35.8 Å². The summed E-state index contributed by atoms with van der Waals surface area (Å²) < 4.78 is 2.67. The Morgan fingerprint density at radius 1 is 1.48 bits per heavy atom. The fourth-order valence-electron chi connectivity index (χ4n) is 1.81. The highest BCUT2D eigenvalue weighted by Crippen LogP contribution is 2.29. The fourth-order valence-corrected chi connectivity index (χ4v) is 3.42. The molecule has 5 nitrogen and oxygen atoms in total. The summed E-state index contributed by atoms with van der Waals surface area (Å²) >= 11 is 5.08. The molecule has 0 bridgehead atoms. The number of rotatable bonds is 6. The summed E-state index contributed by atoms with van der Waals surface area (Å²) in [6, 6.07) is 6.64. The lowest BCUT2D eigenvalue weighted by Gasteiger charge is -2.11. The highest BCUT2D eigenvalue weighted by molar-refractivity contribution is 9.10. The summed E-state index contributed by atoms with van der Waals surface area (Å²) in [4.78, 5) is 12.6. The summed E-state index contributed by atoms with van der Waals surface area (Å²) in [7, 11) is 0. The number of aromatic nitrogens is 3. The van der Waals surface area contributed by atoms with Crippen molar-refractivity contribution in [3.8, 4) is 0 Å². The van der Waals surface area contributed by atoms with Crippen LogP contribution in [0.5, 0.6) is 0 Å². The van der Waals surface area contributed by atoms with Gasteiger partial charge in [-0.25, -0.2) is 9.89 Å². The second-order valence-corrected chi connectivity index (χ2v) is 6.84. The Morgan fingerprint density at radius 3 is 2.86 bits per heavy atom. The van der Waals surface area contributed by atoms with E-state index in [0.717, 1.165) is 15.9 Å². The second kappa shape index (κ2) is 7.29. The molecule has 7 heteroatoms. The molecule has 2 aromatic rings. The Kier molecular flexibility index (Phi) is 5.66. The van der Waals surface area contributed by atoms with Gasteiger partial charge in [0.15, 0.2) is 5.16 Å². The Morgan fingerprint density at radius 2 is 2.24 bits per heavy atom. The molecule has 0 radical (unpaired) electrons. The van der Waals surface area contributed by atoms with E-state index in [-0.39, 0.29) is 5.69 Å². The van der Waals surface area contributed by atoms with E-state index in [1.165, 1.54) is 17.3 Å². The fraction of sp³-hybridized carbons (Fsp3) is 0.429. The normalized spacial score (nSPS) is 11.3. The number of nitrogens with one attached hydrogen (secondary N) is 2. The molecule has 0 atom stereocenters. The van der Waals surface area contributed by atoms with E-state index in [4.69, 9.17) is 0 Å². The molecule has 21 heavy (non-hydrogen) atoms. The van der Waals surface area contributed by atoms with Gasteiger partial charge in [-0.3, -0.25) is 4.57 Å². The number of hydrogen-bond acceptors (Lipinski definition) is 4. The average Bonchev–Trinajstić information content (AvgIpc) is 2.78. The van der Waals surface area contributed by atoms with Gasteiger partial charge < -0.3 is 5.32 Å². The van der Waals surface area contributed by atoms with Gasteiger partial charge in [0.2, 0.25) is 0 Å². The van der Waals surface area contributed by atoms with E-state index in [1.807, 2.05) is 13.0 Å². The predicted octanol–water partition coefficient (Wildman–Crippen LogP) is 3.00. The van der Waals surface area contributed by atoms with Crippen LogP contribution in [0.3, 0.4) is 0 Å². The molecule has 1 aromatic heterocycles. The van der Waals surface area contributed by atoms with Crippen molar-refractivity contribution in [2.24, 2.45) is 0 Å². The van der Waals surface area contributed by atoms with Crippen molar-refractivity contribution in [3.63, 3.8) is 0 Å². The Balaban J connectivity index is 2.14. The van der Waals surface area contributed by atoms with Crippen LogP contribution in [0.4, 0.5) is 0 Å². The molecule has 1 heterocycles. The molecule has 0 spiro atoms. The molecule has 0 amide bonds. The van der Waals surface area contributed by atoms with Crippen LogP contribution in [0.1, 0.15) is 26.3 Å². The van der Waals surface area contributed by atoms with Crippen LogP contribution in [0, 0.1) is 0 Å². The van der Waals surface area contributed by atoms with Crippen LogP contribution in [0.2, 0.25) is 0 Å². The standard InChI is InChI=1S/C14H19BrN4OS/c1-4-19-13(20)17-18-14(19)21-11-6-5-10(12(15)7-11)8-16-9(2)3/h5-7,9,16H,4,8H2,1-3H3,(H,17,20). The highest BCUT2D eigenvalue weighted by atomic mass is 79.9. The first-order valence-electron chi connectivity index (χ1n) is 6.86. The lowest BCUT2D eigenvalue weighted by atomic mass is 10.2. The van der Waals surface area contributed by atoms with Crippen LogP contribution in [-0.4, -0.2) is 20.8 Å². The zero-order chi connectivity index (χ0) is 15.4. The molecule has 0 aliphatic rings. The third kappa shape index (κ3) is 4.21. The molecule has 1 aromatic carbocycles. The molecule has 0 aliphatic carbocycles. The summed E-state index contributed by atoms with van der Waals surface area (Å²) in [5.41, 5.74) is 1.04. The highest BCUT2D eigenvalue weighted by Gasteiger charge is 2.10. The molecule has 0 fully saturated rings. The van der Waals surface area contributed by atoms with Gasteiger partial charge in [0.1, 0.15) is 0 Å². The third-order valence-corrected chi connectivity index (χ3v) is 4.70. The van der Waals surface area contributed by atoms with Gasteiger partial charge in [0, 0.05) is 28.5 Å². The first kappa shape index (κ1) is 16.3. The molecule has 0 saturated heterocycles. The smallest absolute Gasteiger partial charge is 0.310 e. The molecule has 2 rings (SSSR count). The van der Waals surface area contributed by atoms with Crippen molar-refractivity contribution in [2.45, 2.75) is 50.0 Å². The molecule has 0 saturated carbocycles. The summed E-state index contributed by atoms with van der Waals surface area (Å²) in [6.45, 7) is 7.61. The summed E-state index contributed by atoms with van der Waals surface area (Å²) in [6.07, 6.45) is 0. The van der Waals surface area contributed by atoms with Crippen LogP contribution in [-0.2, 0) is 13.1 Å². The molecule has 0 aliphatic heterocycles. The maximum Gasteiger partial charge on any atom is 0.343 e. The van der Waals surface area contributed by atoms with Crippen LogP contribution >= 0.6 is 27.7 Å². The van der Waals surface area contributed by atoms with Crippen molar-refractivity contribution < 1.29 is 0 Å². The number of aromatic amines is 1. The van der Waals surface area contributed by atoms with Gasteiger partial charge in [0.25, 0.3) is 0 Å². The van der Waals surface area contributed by atoms with Gasteiger partial charge in [-0.15, -0.1) is 5.10 Å². The largest absolute Gasteiger partial charge is 0.343 e. The monoisotopic (exact) mass is 370 g/mol. The summed E-state index contributed by atoms with van der Waals surface area (Å²) in [5.74, 6) is 0. The van der Waals surface area contributed by atoms with Gasteiger partial charge in [-0.2, -0.15) is 0 Å². The van der Waals surface area contributed by atoms with Crippen LogP contribution in [0.25, 0.3) is 0 Å². The Bertz CT molecular complexity index is 665. The van der Waals surface area contributed by atoms with Gasteiger partial charge in [-0.05, 0) is 36.4 Å². The second-order valence-electron chi connectivity index (χ2n) is 4.95. The molecule has 2 N–H and O–H groups in total. The van der Waals surface area contributed by atoms with Crippen molar-refractivity contribution >= 4 is 27.7 Å². The first-order chi connectivity index (χ1) is 10.0. The van der Waals surface area contributed by atoms with Crippen molar-refractivity contribution in [2.75, 3.05) is 0 Å². The summed E-state index contributed by atoms with van der Waals surface area (Å²) in [5, 5.41) is 10.6. The molecular weight excluding hydrogens is 352 g/mol. The third-order valence-electron chi connectivity index (χ3n) is 2.97. The Hall–Kier alpha value is -1.05. The zero-order valence-electron chi connectivity index (χ0n) is 12.3. The molecular formula is C14H19BrN4OS. The number of halogens is 1. The number of hydrogen-bond donors (Lipinski definition) is 2. The number of nitrogens with zero attached hydrogens (tertiary/aromatic N) is 2. The van der Waals surface area contributed by atoms with Gasteiger partial charge in [0.05, 0.1) is 0 Å².